The van der Waals surface area contributed by atoms with Gasteiger partial charge in [-0.15, -0.1) is 0 Å². The third kappa shape index (κ3) is 3.20. The van der Waals surface area contributed by atoms with Crippen LogP contribution in [0.4, 0.5) is 13.2 Å². The number of thioether (sulfide) groups is 1. The second kappa shape index (κ2) is 4.78. The van der Waals surface area contributed by atoms with Crippen LogP contribution < -0.4 is 0 Å². The van der Waals surface area contributed by atoms with Crippen LogP contribution >= 0.6 is 11.8 Å². The van der Waals surface area contributed by atoms with E-state index in [1.807, 2.05) is 6.92 Å². The third-order valence-corrected chi connectivity index (χ3v) is 4.53. The first-order valence-electron chi connectivity index (χ1n) is 5.79. The molecular weight excluding hydrogens is 261 g/mol. The van der Waals surface area contributed by atoms with Crippen LogP contribution in [-0.4, -0.2) is 21.7 Å². The predicted molar refractivity (Wildman–Crippen MR) is 66.6 cm³/mol. The zero-order valence-corrected chi connectivity index (χ0v) is 10.8. The lowest BCUT2D eigenvalue weighted by atomic mass is 9.91. The maximum atomic E-state index is 12.6. The maximum absolute atomic E-state index is 12.6. The first kappa shape index (κ1) is 13.7. The number of rotatable bonds is 2. The molecule has 1 aliphatic rings. The van der Waals surface area contributed by atoms with Crippen LogP contribution in [0.1, 0.15) is 24.5 Å². The van der Waals surface area contributed by atoms with Crippen molar-refractivity contribution in [3.05, 3.63) is 35.4 Å². The van der Waals surface area contributed by atoms with Crippen molar-refractivity contribution in [1.29, 1.82) is 0 Å². The molecule has 18 heavy (non-hydrogen) atoms. The van der Waals surface area contributed by atoms with E-state index in [-0.39, 0.29) is 6.42 Å². The molecule has 0 radical (unpaired) electrons. The molecule has 1 fully saturated rings. The molecule has 1 aromatic carbocycles. The van der Waals surface area contributed by atoms with Gasteiger partial charge in [0.05, 0.1) is 11.2 Å². The van der Waals surface area contributed by atoms with E-state index in [2.05, 4.69) is 0 Å². The van der Waals surface area contributed by atoms with Crippen molar-refractivity contribution in [1.82, 2.24) is 0 Å². The van der Waals surface area contributed by atoms with Gasteiger partial charge in [0, 0.05) is 17.4 Å². The fourth-order valence-corrected chi connectivity index (χ4v) is 3.55. The van der Waals surface area contributed by atoms with Gasteiger partial charge in [-0.2, -0.15) is 24.9 Å². The van der Waals surface area contributed by atoms with E-state index in [1.54, 1.807) is 17.8 Å². The predicted octanol–water partition coefficient (Wildman–Crippen LogP) is 3.50. The Labute approximate surface area is 108 Å². The number of aliphatic hydroxyl groups is 1. The topological polar surface area (TPSA) is 20.2 Å². The molecule has 2 unspecified atom stereocenters. The number of halogens is 3. The normalized spacial score (nSPS) is 28.6. The highest BCUT2D eigenvalue weighted by atomic mass is 32.2. The minimum atomic E-state index is -4.32. The molecule has 1 aromatic rings. The highest BCUT2D eigenvalue weighted by molar-refractivity contribution is 8.00. The molecule has 0 spiro atoms. The molecule has 0 saturated carbocycles. The number of alkyl halides is 3. The van der Waals surface area contributed by atoms with Crippen molar-refractivity contribution >= 4 is 11.8 Å². The summed E-state index contributed by atoms with van der Waals surface area (Å²) in [5, 5.41) is 10.7. The molecule has 1 nitrogen and oxygen atoms in total. The van der Waals surface area contributed by atoms with E-state index in [1.165, 1.54) is 6.07 Å². The number of benzene rings is 1. The van der Waals surface area contributed by atoms with Crippen molar-refractivity contribution in [2.75, 3.05) is 5.75 Å². The Kier molecular flexibility index (Phi) is 3.65. The number of hydrogen-bond acceptors (Lipinski definition) is 2. The molecule has 1 saturated heterocycles. The van der Waals surface area contributed by atoms with Crippen molar-refractivity contribution in [3.8, 4) is 0 Å². The van der Waals surface area contributed by atoms with Gasteiger partial charge in [0.1, 0.15) is 0 Å². The third-order valence-electron chi connectivity index (χ3n) is 3.09. The Morgan fingerprint density at radius 3 is 2.72 bits per heavy atom. The Morgan fingerprint density at radius 2 is 2.17 bits per heavy atom. The summed E-state index contributed by atoms with van der Waals surface area (Å²) < 4.78 is 37.7. The van der Waals surface area contributed by atoms with E-state index < -0.39 is 17.3 Å². The standard InChI is InChI=1S/C13H15F3OS/c1-9-6-12(17,8-18-9)7-10-3-2-4-11(5-10)13(14,15)16/h2-5,9,17H,6-8H2,1H3. The Hall–Kier alpha value is -0.680. The van der Waals surface area contributed by atoms with Gasteiger partial charge in [-0.25, -0.2) is 0 Å². The lowest BCUT2D eigenvalue weighted by molar-refractivity contribution is -0.137. The smallest absolute Gasteiger partial charge is 0.389 e. The van der Waals surface area contributed by atoms with E-state index >= 15 is 0 Å². The molecular formula is C13H15F3OS. The molecule has 2 rings (SSSR count). The number of hydrogen-bond donors (Lipinski definition) is 1. The van der Waals surface area contributed by atoms with Crippen molar-refractivity contribution in [2.24, 2.45) is 0 Å². The quantitative estimate of drug-likeness (QED) is 0.892. The highest BCUT2D eigenvalue weighted by Crippen LogP contribution is 2.37. The first-order valence-corrected chi connectivity index (χ1v) is 6.83. The molecule has 1 heterocycles. The minimum Gasteiger partial charge on any atom is -0.389 e. The summed E-state index contributed by atoms with van der Waals surface area (Å²) in [6.45, 7) is 2.02. The first-order chi connectivity index (χ1) is 8.28. The van der Waals surface area contributed by atoms with Gasteiger partial charge in [0.2, 0.25) is 0 Å². The molecule has 100 valence electrons. The maximum Gasteiger partial charge on any atom is 0.416 e. The molecule has 0 amide bonds. The van der Waals surface area contributed by atoms with E-state index in [9.17, 15) is 18.3 Å². The fraction of sp³-hybridized carbons (Fsp3) is 0.538. The average Bonchev–Trinajstić information content (AvgIpc) is 2.57. The summed E-state index contributed by atoms with van der Waals surface area (Å²) >= 11 is 1.66. The van der Waals surface area contributed by atoms with Crippen LogP contribution in [0.25, 0.3) is 0 Å². The Morgan fingerprint density at radius 1 is 1.44 bits per heavy atom. The molecule has 1 N–H and O–H groups in total. The summed E-state index contributed by atoms with van der Waals surface area (Å²) in [4.78, 5) is 0. The molecule has 1 aliphatic heterocycles. The lowest BCUT2D eigenvalue weighted by Gasteiger charge is -2.22. The highest BCUT2D eigenvalue weighted by Gasteiger charge is 2.36. The minimum absolute atomic E-state index is 0.286. The van der Waals surface area contributed by atoms with Crippen molar-refractivity contribution < 1.29 is 18.3 Å². The van der Waals surface area contributed by atoms with E-state index in [0.717, 1.165) is 12.1 Å². The largest absolute Gasteiger partial charge is 0.416 e. The molecule has 0 aromatic heterocycles. The van der Waals surface area contributed by atoms with Gasteiger partial charge in [0.25, 0.3) is 0 Å². The second-order valence-corrected chi connectivity index (χ2v) is 6.35. The van der Waals surface area contributed by atoms with E-state index in [4.69, 9.17) is 0 Å². The van der Waals surface area contributed by atoms with Crippen LogP contribution in [0, 0.1) is 0 Å². The van der Waals surface area contributed by atoms with Crippen LogP contribution in [0.2, 0.25) is 0 Å². The zero-order valence-electron chi connectivity index (χ0n) is 10.00. The van der Waals surface area contributed by atoms with Gasteiger partial charge in [-0.3, -0.25) is 0 Å². The Balaban J connectivity index is 2.15. The van der Waals surface area contributed by atoms with Gasteiger partial charge >= 0.3 is 6.18 Å². The van der Waals surface area contributed by atoms with Gasteiger partial charge < -0.3 is 5.11 Å². The lowest BCUT2D eigenvalue weighted by Crippen LogP contribution is -2.31. The SMILES string of the molecule is CC1CC(O)(Cc2cccc(C(F)(F)F)c2)CS1. The molecule has 0 bridgehead atoms. The fourth-order valence-electron chi connectivity index (χ4n) is 2.31. The Bertz CT molecular complexity index is 432. The van der Waals surface area contributed by atoms with Crippen LogP contribution in [0.5, 0.6) is 0 Å². The van der Waals surface area contributed by atoms with Gasteiger partial charge in [-0.1, -0.05) is 25.1 Å². The molecule has 0 aliphatic carbocycles. The average molecular weight is 276 g/mol. The summed E-state index contributed by atoms with van der Waals surface area (Å²) in [6, 6.07) is 5.22. The van der Waals surface area contributed by atoms with Crippen molar-refractivity contribution in [3.63, 3.8) is 0 Å². The summed E-state index contributed by atoms with van der Waals surface area (Å²) in [6.07, 6.45) is -3.40. The molecule has 2 atom stereocenters. The summed E-state index contributed by atoms with van der Waals surface area (Å²) in [5.74, 6) is 0.588. The monoisotopic (exact) mass is 276 g/mol. The molecule has 5 heteroatoms. The van der Waals surface area contributed by atoms with Crippen LogP contribution in [0.15, 0.2) is 24.3 Å². The van der Waals surface area contributed by atoms with Crippen LogP contribution in [0.3, 0.4) is 0 Å². The van der Waals surface area contributed by atoms with Crippen LogP contribution in [-0.2, 0) is 12.6 Å². The zero-order chi connectivity index (χ0) is 13.4. The summed E-state index contributed by atoms with van der Waals surface area (Å²) in [7, 11) is 0. The second-order valence-electron chi connectivity index (χ2n) is 4.93. The van der Waals surface area contributed by atoms with Gasteiger partial charge in [0.15, 0.2) is 0 Å². The van der Waals surface area contributed by atoms with E-state index in [0.29, 0.717) is 23.0 Å². The van der Waals surface area contributed by atoms with Crippen molar-refractivity contribution in [2.45, 2.75) is 36.8 Å². The van der Waals surface area contributed by atoms with Gasteiger partial charge in [-0.05, 0) is 18.1 Å². The summed E-state index contributed by atoms with van der Waals surface area (Å²) in [5.41, 5.74) is -0.974.